The second-order valence-electron chi connectivity index (χ2n) is 9.99. The highest BCUT2D eigenvalue weighted by Gasteiger charge is 2.32. The van der Waals surface area contributed by atoms with Gasteiger partial charge < -0.3 is 71.4 Å². The summed E-state index contributed by atoms with van der Waals surface area (Å²) in [7, 11) is 0. The van der Waals surface area contributed by atoms with Gasteiger partial charge in [-0.25, -0.2) is 0 Å². The summed E-state index contributed by atoms with van der Waals surface area (Å²) in [4.78, 5) is 0. The first-order chi connectivity index (χ1) is 22.1. The fourth-order valence-corrected chi connectivity index (χ4v) is 3.54. The lowest BCUT2D eigenvalue weighted by Gasteiger charge is -2.17. The van der Waals surface area contributed by atoms with Gasteiger partial charge in [-0.1, -0.05) is 0 Å². The van der Waals surface area contributed by atoms with Crippen LogP contribution >= 0.6 is 0 Å². The topological polar surface area (TPSA) is 149 Å². The average molecular weight is 661 g/mol. The van der Waals surface area contributed by atoms with Crippen LogP contribution in [0.15, 0.2) is 0 Å². The van der Waals surface area contributed by atoms with Gasteiger partial charge >= 0.3 is 0 Å². The molecule has 270 valence electrons. The van der Waals surface area contributed by atoms with E-state index in [0.29, 0.717) is 165 Å². The third-order valence-electron chi connectivity index (χ3n) is 5.70. The zero-order valence-corrected chi connectivity index (χ0v) is 27.6. The summed E-state index contributed by atoms with van der Waals surface area (Å²) in [5.74, 6) is -0.519. The van der Waals surface area contributed by atoms with Gasteiger partial charge in [-0.15, -0.1) is 0 Å². The molecule has 1 aliphatic heterocycles. The third kappa shape index (κ3) is 31.8. The fourth-order valence-electron chi connectivity index (χ4n) is 3.54. The number of hydrogen-bond acceptors (Lipinski definition) is 15. The van der Waals surface area contributed by atoms with E-state index in [1.165, 1.54) is 0 Å². The minimum absolute atomic E-state index is 0.0188. The standard InChI is InChI=1S/C30H60O15/c1-30(2)44-28-29(45-30)27-43-26-25-42-24-23-41-22-21-40-20-19-39-18-17-38-16-15-37-14-13-36-12-11-35-10-9-34-8-7-33-6-5-32-4-3-31/h29,31H,3-28H2,1-2H3. The van der Waals surface area contributed by atoms with E-state index in [4.69, 9.17) is 71.4 Å². The molecular weight excluding hydrogens is 600 g/mol. The van der Waals surface area contributed by atoms with Gasteiger partial charge in [-0.05, 0) is 13.8 Å². The van der Waals surface area contributed by atoms with Gasteiger partial charge in [0.1, 0.15) is 6.10 Å². The normalized spacial score (nSPS) is 16.2. The highest BCUT2D eigenvalue weighted by atomic mass is 16.7. The molecule has 0 aromatic heterocycles. The van der Waals surface area contributed by atoms with E-state index in [-0.39, 0.29) is 12.7 Å². The molecule has 1 fully saturated rings. The maximum absolute atomic E-state index is 8.58. The van der Waals surface area contributed by atoms with Crippen LogP contribution in [0.1, 0.15) is 13.8 Å². The van der Waals surface area contributed by atoms with Crippen molar-refractivity contribution in [2.45, 2.75) is 25.7 Å². The minimum Gasteiger partial charge on any atom is -0.394 e. The van der Waals surface area contributed by atoms with Gasteiger partial charge in [-0.3, -0.25) is 0 Å². The zero-order chi connectivity index (χ0) is 32.4. The summed E-state index contributed by atoms with van der Waals surface area (Å²) in [6.07, 6.45) is -0.0188. The van der Waals surface area contributed by atoms with Gasteiger partial charge in [-0.2, -0.15) is 0 Å². The molecule has 15 heteroatoms. The summed E-state index contributed by atoms with van der Waals surface area (Å²) in [6.45, 7) is 16.3. The zero-order valence-electron chi connectivity index (χ0n) is 27.6. The second-order valence-corrected chi connectivity index (χ2v) is 9.99. The van der Waals surface area contributed by atoms with Gasteiger partial charge in [0.15, 0.2) is 5.79 Å². The number of ether oxygens (including phenoxy) is 14. The summed E-state index contributed by atoms with van der Waals surface area (Å²) >= 11 is 0. The quantitative estimate of drug-likeness (QED) is 0.0912. The van der Waals surface area contributed by atoms with Crippen molar-refractivity contribution in [1.82, 2.24) is 0 Å². The highest BCUT2D eigenvalue weighted by molar-refractivity contribution is 4.70. The van der Waals surface area contributed by atoms with Gasteiger partial charge in [0, 0.05) is 0 Å². The molecule has 1 atom stereocenters. The second kappa shape index (κ2) is 33.3. The molecule has 1 saturated heterocycles. The Balaban J connectivity index is 1.61. The minimum atomic E-state index is -0.519. The Morgan fingerprint density at radius 2 is 0.667 bits per heavy atom. The van der Waals surface area contributed by atoms with Crippen molar-refractivity contribution in [3.05, 3.63) is 0 Å². The first kappa shape index (κ1) is 42.4. The maximum Gasteiger partial charge on any atom is 0.163 e. The first-order valence-electron chi connectivity index (χ1n) is 16.0. The molecule has 0 bridgehead atoms. The van der Waals surface area contributed by atoms with Crippen LogP contribution in [-0.4, -0.2) is 189 Å². The van der Waals surface area contributed by atoms with E-state index >= 15 is 0 Å². The number of hydrogen-bond donors (Lipinski definition) is 1. The lowest BCUT2D eigenvalue weighted by Crippen LogP contribution is -2.24. The molecule has 0 saturated carbocycles. The Morgan fingerprint density at radius 3 is 0.889 bits per heavy atom. The Kier molecular flexibility index (Phi) is 31.4. The van der Waals surface area contributed by atoms with Crippen molar-refractivity contribution >= 4 is 0 Å². The third-order valence-corrected chi connectivity index (χ3v) is 5.70. The van der Waals surface area contributed by atoms with Crippen molar-refractivity contribution in [1.29, 1.82) is 0 Å². The Bertz CT molecular complexity index is 588. The van der Waals surface area contributed by atoms with Gasteiger partial charge in [0.2, 0.25) is 0 Å². The summed E-state index contributed by atoms with van der Waals surface area (Å²) in [6, 6.07) is 0. The smallest absolute Gasteiger partial charge is 0.163 e. The van der Waals surface area contributed by atoms with Crippen molar-refractivity contribution in [3.63, 3.8) is 0 Å². The van der Waals surface area contributed by atoms with Crippen LogP contribution in [0.2, 0.25) is 0 Å². The average Bonchev–Trinajstić information content (AvgIpc) is 3.38. The Hall–Kier alpha value is -0.600. The van der Waals surface area contributed by atoms with Crippen LogP contribution in [0.3, 0.4) is 0 Å². The lowest BCUT2D eigenvalue weighted by atomic mass is 10.4. The number of aliphatic hydroxyl groups excluding tert-OH is 1. The van der Waals surface area contributed by atoms with E-state index < -0.39 is 5.79 Å². The van der Waals surface area contributed by atoms with Crippen molar-refractivity contribution in [2.24, 2.45) is 0 Å². The fraction of sp³-hybridized carbons (Fsp3) is 1.00. The molecule has 15 nitrogen and oxygen atoms in total. The van der Waals surface area contributed by atoms with Crippen molar-refractivity contribution < 1.29 is 71.4 Å². The molecule has 0 aromatic carbocycles. The Morgan fingerprint density at radius 1 is 0.422 bits per heavy atom. The Labute approximate surface area is 269 Å². The molecule has 1 unspecified atom stereocenters. The molecular formula is C30H60O15. The molecule has 0 aliphatic carbocycles. The first-order valence-corrected chi connectivity index (χ1v) is 16.0. The monoisotopic (exact) mass is 660 g/mol. The van der Waals surface area contributed by atoms with E-state index in [1.54, 1.807) is 0 Å². The molecule has 1 heterocycles. The van der Waals surface area contributed by atoms with Crippen LogP contribution in [-0.2, 0) is 66.3 Å². The predicted octanol–water partition coefficient (Wildman–Crippen LogP) is 0.329. The molecule has 0 radical (unpaired) electrons. The van der Waals surface area contributed by atoms with E-state index in [9.17, 15) is 0 Å². The van der Waals surface area contributed by atoms with Crippen LogP contribution < -0.4 is 0 Å². The van der Waals surface area contributed by atoms with Crippen LogP contribution in [0, 0.1) is 0 Å². The molecule has 1 rings (SSSR count). The molecule has 45 heavy (non-hydrogen) atoms. The van der Waals surface area contributed by atoms with Crippen molar-refractivity contribution in [2.75, 3.05) is 172 Å². The maximum atomic E-state index is 8.58. The molecule has 0 amide bonds. The van der Waals surface area contributed by atoms with Gasteiger partial charge in [0.25, 0.3) is 0 Å². The molecule has 0 aromatic rings. The molecule has 1 N–H and O–H groups in total. The van der Waals surface area contributed by atoms with Crippen molar-refractivity contribution in [3.8, 4) is 0 Å². The van der Waals surface area contributed by atoms with Crippen LogP contribution in [0.5, 0.6) is 0 Å². The van der Waals surface area contributed by atoms with Crippen LogP contribution in [0.4, 0.5) is 0 Å². The largest absolute Gasteiger partial charge is 0.394 e. The number of aliphatic hydroxyl groups is 1. The van der Waals surface area contributed by atoms with E-state index in [2.05, 4.69) is 0 Å². The van der Waals surface area contributed by atoms with Crippen LogP contribution in [0.25, 0.3) is 0 Å². The summed E-state index contributed by atoms with van der Waals surface area (Å²) in [5.41, 5.74) is 0. The number of rotatable bonds is 37. The SMILES string of the molecule is CC1(C)OCC(COCCOCCOCCOCCOCCOCCOCCOCCOCCOCCOCCOCCO)O1. The molecule has 1 aliphatic rings. The summed E-state index contributed by atoms with van der Waals surface area (Å²) < 4.78 is 76.3. The highest BCUT2D eigenvalue weighted by Crippen LogP contribution is 2.22. The van der Waals surface area contributed by atoms with Gasteiger partial charge in [0.05, 0.1) is 172 Å². The summed E-state index contributed by atoms with van der Waals surface area (Å²) in [5, 5.41) is 8.58. The van der Waals surface area contributed by atoms with E-state index in [0.717, 1.165) is 0 Å². The lowest BCUT2D eigenvalue weighted by molar-refractivity contribution is -0.145. The predicted molar refractivity (Wildman–Crippen MR) is 162 cm³/mol. The molecule has 0 spiro atoms. The van der Waals surface area contributed by atoms with E-state index in [1.807, 2.05) is 13.8 Å².